The average Bonchev–Trinajstić information content (AvgIpc) is 2.99. The molecule has 0 aliphatic heterocycles. The summed E-state index contributed by atoms with van der Waals surface area (Å²) in [5.74, 6) is 2.07. The maximum absolute atomic E-state index is 12.2. The Hall–Kier alpha value is -4.74. The topological polar surface area (TPSA) is 140 Å². The van der Waals surface area contributed by atoms with Crippen LogP contribution in [0.3, 0.4) is 0 Å². The Kier molecular flexibility index (Phi) is 11.2. The molecule has 4 N–H and O–H groups in total. The maximum atomic E-state index is 12.2. The largest absolute Gasteiger partial charge is 0.508 e. The van der Waals surface area contributed by atoms with Crippen molar-refractivity contribution in [2.75, 3.05) is 56.0 Å². The minimum absolute atomic E-state index is 0.0838. The highest BCUT2D eigenvalue weighted by atomic mass is 16.5. The van der Waals surface area contributed by atoms with Gasteiger partial charge in [-0.15, -0.1) is 0 Å². The number of hydrogen-bond donors (Lipinski definition) is 4. The molecule has 0 spiro atoms. The van der Waals surface area contributed by atoms with Crippen LogP contribution in [-0.4, -0.2) is 65.9 Å². The summed E-state index contributed by atoms with van der Waals surface area (Å²) in [6.07, 6.45) is 1.07. The molecule has 0 fully saturated rings. The van der Waals surface area contributed by atoms with Crippen molar-refractivity contribution < 1.29 is 24.1 Å². The first kappa shape index (κ1) is 29.2. The fraction of sp³-hybridized carbons (Fsp3) is 0.267. The molecule has 4 rings (SSSR count). The number of ketones is 1. The molecule has 0 unspecified atom stereocenters. The van der Waals surface area contributed by atoms with Crippen LogP contribution in [0.5, 0.6) is 11.5 Å². The molecule has 1 aromatic heterocycles. The Morgan fingerprint density at radius 3 is 2.00 bits per heavy atom. The number of phenolic OH excluding ortho intramolecular Hbond substituents is 1. The second kappa shape index (κ2) is 15.8. The van der Waals surface area contributed by atoms with Gasteiger partial charge in [0.25, 0.3) is 0 Å². The number of carbonyl (C=O) groups is 1. The van der Waals surface area contributed by atoms with E-state index in [4.69, 9.17) is 14.2 Å². The van der Waals surface area contributed by atoms with Gasteiger partial charge in [0.05, 0.1) is 26.9 Å². The molecule has 4 aromatic rings. The lowest BCUT2D eigenvalue weighted by atomic mass is 10.1. The molecule has 0 radical (unpaired) electrons. The number of para-hydroxylation sites is 1. The number of rotatable bonds is 17. The van der Waals surface area contributed by atoms with Crippen molar-refractivity contribution in [3.05, 3.63) is 84.4 Å². The van der Waals surface area contributed by atoms with Gasteiger partial charge in [-0.1, -0.05) is 18.2 Å². The second-order valence-corrected chi connectivity index (χ2v) is 8.88. The summed E-state index contributed by atoms with van der Waals surface area (Å²) >= 11 is 0. The molecule has 214 valence electrons. The molecule has 0 aliphatic carbocycles. The van der Waals surface area contributed by atoms with E-state index in [-0.39, 0.29) is 11.5 Å². The smallest absolute Gasteiger partial charge is 0.233 e. The van der Waals surface area contributed by atoms with Crippen molar-refractivity contribution in [1.82, 2.24) is 15.0 Å². The van der Waals surface area contributed by atoms with E-state index in [0.717, 1.165) is 17.1 Å². The van der Waals surface area contributed by atoms with Crippen LogP contribution < -0.4 is 20.7 Å². The number of hydrogen-bond acceptors (Lipinski definition) is 11. The number of ether oxygens (including phenoxy) is 3. The molecule has 0 aliphatic rings. The Morgan fingerprint density at radius 1 is 0.732 bits per heavy atom. The number of aromatic nitrogens is 3. The third-order valence-corrected chi connectivity index (χ3v) is 5.79. The first-order chi connectivity index (χ1) is 20.1. The number of carbonyl (C=O) groups excluding carboxylic acids is 1. The zero-order valence-corrected chi connectivity index (χ0v) is 22.9. The third kappa shape index (κ3) is 10.1. The monoisotopic (exact) mass is 558 g/mol. The van der Waals surface area contributed by atoms with Crippen molar-refractivity contribution in [2.24, 2.45) is 0 Å². The van der Waals surface area contributed by atoms with Crippen LogP contribution in [-0.2, 0) is 9.47 Å². The maximum Gasteiger partial charge on any atom is 0.233 e. The van der Waals surface area contributed by atoms with Gasteiger partial charge in [0.1, 0.15) is 11.5 Å². The van der Waals surface area contributed by atoms with Gasteiger partial charge in [-0.05, 0) is 67.1 Å². The Bertz CT molecular complexity index is 1350. The van der Waals surface area contributed by atoms with E-state index in [2.05, 4.69) is 30.9 Å². The molecular formula is C30H34N6O5. The average molecular weight is 559 g/mol. The SMILES string of the molecule is COc1ccc(C(=O)CCCOCCOCCNc2nc(Nc3ccccc3)nc(Nc3ccc(O)cc3)n2)cc1. The zero-order valence-electron chi connectivity index (χ0n) is 22.9. The number of methoxy groups -OCH3 is 1. The minimum atomic E-state index is 0.0838. The minimum Gasteiger partial charge on any atom is -0.508 e. The van der Waals surface area contributed by atoms with Crippen LogP contribution in [0.4, 0.5) is 29.2 Å². The summed E-state index contributed by atoms with van der Waals surface area (Å²) in [5.41, 5.74) is 2.23. The van der Waals surface area contributed by atoms with Gasteiger partial charge in [0.2, 0.25) is 17.8 Å². The van der Waals surface area contributed by atoms with Crippen molar-refractivity contribution in [3.63, 3.8) is 0 Å². The highest BCUT2D eigenvalue weighted by molar-refractivity contribution is 5.96. The van der Waals surface area contributed by atoms with Gasteiger partial charge >= 0.3 is 0 Å². The molecule has 41 heavy (non-hydrogen) atoms. The predicted octanol–water partition coefficient (Wildman–Crippen LogP) is 5.18. The van der Waals surface area contributed by atoms with E-state index in [1.54, 1.807) is 55.6 Å². The predicted molar refractivity (Wildman–Crippen MR) is 158 cm³/mol. The van der Waals surface area contributed by atoms with Crippen LogP contribution in [0.15, 0.2) is 78.9 Å². The van der Waals surface area contributed by atoms with Crippen LogP contribution in [0, 0.1) is 0 Å². The number of nitrogens with one attached hydrogen (secondary N) is 3. The van der Waals surface area contributed by atoms with Crippen LogP contribution >= 0.6 is 0 Å². The van der Waals surface area contributed by atoms with Gasteiger partial charge < -0.3 is 35.3 Å². The first-order valence-electron chi connectivity index (χ1n) is 13.3. The lowest BCUT2D eigenvalue weighted by molar-refractivity contribution is 0.0497. The summed E-state index contributed by atoms with van der Waals surface area (Å²) in [7, 11) is 1.60. The van der Waals surface area contributed by atoms with Crippen LogP contribution in [0.25, 0.3) is 0 Å². The number of phenols is 1. The summed E-state index contributed by atoms with van der Waals surface area (Å²) < 4.78 is 16.4. The summed E-state index contributed by atoms with van der Waals surface area (Å²) in [4.78, 5) is 25.6. The highest BCUT2D eigenvalue weighted by Gasteiger charge is 2.09. The van der Waals surface area contributed by atoms with Crippen molar-refractivity contribution in [1.29, 1.82) is 0 Å². The molecule has 0 atom stereocenters. The van der Waals surface area contributed by atoms with E-state index >= 15 is 0 Å². The molecule has 0 bridgehead atoms. The van der Waals surface area contributed by atoms with E-state index < -0.39 is 0 Å². The van der Waals surface area contributed by atoms with Crippen LogP contribution in [0.1, 0.15) is 23.2 Å². The van der Waals surface area contributed by atoms with Gasteiger partial charge in [0.15, 0.2) is 5.78 Å². The molecule has 3 aromatic carbocycles. The Labute approximate surface area is 238 Å². The molecule has 0 amide bonds. The van der Waals surface area contributed by atoms with Crippen molar-refractivity contribution in [2.45, 2.75) is 12.8 Å². The molecule has 11 nitrogen and oxygen atoms in total. The number of nitrogens with zero attached hydrogens (tertiary/aromatic N) is 3. The molecular weight excluding hydrogens is 524 g/mol. The van der Waals surface area contributed by atoms with E-state index in [9.17, 15) is 9.90 Å². The summed E-state index contributed by atoms with van der Waals surface area (Å²) in [6.45, 7) is 2.26. The van der Waals surface area contributed by atoms with E-state index in [1.807, 2.05) is 30.3 Å². The fourth-order valence-corrected chi connectivity index (χ4v) is 3.70. The lowest BCUT2D eigenvalue weighted by Crippen LogP contribution is -2.15. The summed E-state index contributed by atoms with van der Waals surface area (Å²) in [5, 5.41) is 19.0. The van der Waals surface area contributed by atoms with Gasteiger partial charge in [0, 0.05) is 36.5 Å². The molecule has 0 saturated heterocycles. The lowest BCUT2D eigenvalue weighted by Gasteiger charge is -2.12. The highest BCUT2D eigenvalue weighted by Crippen LogP contribution is 2.20. The number of Topliss-reactive ketones (excluding diaryl/α,β-unsaturated/α-hetero) is 1. The normalized spacial score (nSPS) is 10.7. The fourth-order valence-electron chi connectivity index (χ4n) is 3.70. The number of benzene rings is 3. The van der Waals surface area contributed by atoms with Gasteiger partial charge in [-0.25, -0.2) is 0 Å². The number of anilines is 5. The summed E-state index contributed by atoms with van der Waals surface area (Å²) in [6, 6.07) is 23.3. The van der Waals surface area contributed by atoms with E-state index in [1.165, 1.54) is 0 Å². The zero-order chi connectivity index (χ0) is 28.7. The van der Waals surface area contributed by atoms with E-state index in [0.29, 0.717) is 69.2 Å². The second-order valence-electron chi connectivity index (χ2n) is 8.88. The quantitative estimate of drug-likeness (QED) is 0.0774. The molecule has 0 saturated carbocycles. The van der Waals surface area contributed by atoms with Gasteiger partial charge in [-0.2, -0.15) is 15.0 Å². The Morgan fingerprint density at radius 2 is 1.34 bits per heavy atom. The van der Waals surface area contributed by atoms with Crippen molar-refractivity contribution in [3.8, 4) is 11.5 Å². The molecule has 1 heterocycles. The third-order valence-electron chi connectivity index (χ3n) is 5.79. The Balaban J connectivity index is 1.16. The first-order valence-corrected chi connectivity index (χ1v) is 13.3. The molecule has 11 heteroatoms. The van der Waals surface area contributed by atoms with Crippen molar-refractivity contribution >= 4 is 35.0 Å². The number of aromatic hydroxyl groups is 1. The van der Waals surface area contributed by atoms with Crippen LogP contribution in [0.2, 0.25) is 0 Å². The standard InChI is InChI=1S/C30H34N6O5/c1-39-26-15-9-22(10-16-26)27(38)8-5-18-40-20-21-41-19-17-31-28-34-29(32-23-6-3-2-4-7-23)36-30(35-28)33-24-11-13-25(37)14-12-24/h2-4,6-7,9-16,37H,5,8,17-21H2,1H3,(H3,31,32,33,34,35,36). The van der Waals surface area contributed by atoms with Gasteiger partial charge in [-0.3, -0.25) is 4.79 Å².